The number of hydrogen-bond acceptors (Lipinski definition) is 9. The number of aliphatic hydroxyl groups excluding tert-OH is 1. The van der Waals surface area contributed by atoms with E-state index in [1.165, 1.54) is 12.1 Å². The lowest BCUT2D eigenvalue weighted by atomic mass is 9.67. The number of rotatable bonds is 6. The number of likely N-dealkylation sites (N-methyl/N-ethyl adjacent to an activating group) is 1. The van der Waals surface area contributed by atoms with E-state index in [-0.39, 0.29) is 48.9 Å². The van der Waals surface area contributed by atoms with Gasteiger partial charge in [0.25, 0.3) is 0 Å². The predicted octanol–water partition coefficient (Wildman–Crippen LogP) is 1.30. The second-order valence-corrected chi connectivity index (χ2v) is 12.6. The third-order valence-electron chi connectivity index (χ3n) is 10.3. The van der Waals surface area contributed by atoms with Crippen molar-refractivity contribution >= 4 is 5.91 Å². The summed E-state index contributed by atoms with van der Waals surface area (Å²) in [5, 5.41) is 28.8. The smallest absolute Gasteiger partial charge is 0.246 e. The van der Waals surface area contributed by atoms with Gasteiger partial charge in [0, 0.05) is 44.1 Å². The number of halogens is 1. The Bertz CT molecular complexity index is 1210. The molecule has 6 rings (SSSR count). The maximum Gasteiger partial charge on any atom is 0.246 e. The molecule has 1 aromatic carbocycles. The lowest BCUT2D eigenvalue weighted by molar-refractivity contribution is -0.206. The van der Waals surface area contributed by atoms with Gasteiger partial charge in [0.1, 0.15) is 11.4 Å². The SMILES string of the molecule is C=CC(=O)N1CCN(C2NC(OCC3CCCN3C)NC3C2CC[C@]2(Cc4c(F)cccc4CO2)C3O)CC1CC#N. The molecule has 5 aliphatic rings. The number of likely N-dealkylation sites (tertiary alicyclic amines) is 1. The number of benzene rings is 1. The van der Waals surface area contributed by atoms with Crippen LogP contribution in [0.5, 0.6) is 0 Å². The number of carbonyl (C=O) groups excluding carboxylic acids is 1. The Hall–Kier alpha value is -2.43. The van der Waals surface area contributed by atoms with E-state index in [4.69, 9.17) is 9.47 Å². The summed E-state index contributed by atoms with van der Waals surface area (Å²) in [7, 11) is 2.12. The number of ether oxygens (including phenoxy) is 2. The minimum absolute atomic E-state index is 0.00892. The summed E-state index contributed by atoms with van der Waals surface area (Å²) < 4.78 is 27.7. The second-order valence-electron chi connectivity index (χ2n) is 12.6. The lowest BCUT2D eigenvalue weighted by Gasteiger charge is -2.57. The van der Waals surface area contributed by atoms with Crippen LogP contribution in [0.3, 0.4) is 0 Å². The van der Waals surface area contributed by atoms with Crippen LogP contribution in [0.2, 0.25) is 0 Å². The lowest BCUT2D eigenvalue weighted by Crippen LogP contribution is -2.76. The van der Waals surface area contributed by atoms with Crippen molar-refractivity contribution in [3.8, 4) is 6.07 Å². The zero-order valence-electron chi connectivity index (χ0n) is 24.4. The van der Waals surface area contributed by atoms with E-state index in [0.717, 1.165) is 31.4 Å². The number of piperazine rings is 1. The standard InChI is InChI=1S/C31H43FN6O4/c1-3-26(39)38-15-14-37(17-21(38)10-12-33)29-23-9-11-31(16-24-20(18-42-31)6-4-8-25(24)32)28(40)27(23)34-30(35-29)41-19-22-7-5-13-36(22)2/h3-4,6,8,21-23,27-30,34-35,40H,1,5,7,9-11,13-19H2,2H3/t21?,22?,23?,27?,28?,29?,30?,31-/m0/s1. The van der Waals surface area contributed by atoms with Crippen molar-refractivity contribution in [2.75, 3.05) is 39.8 Å². The highest BCUT2D eigenvalue weighted by Gasteiger charge is 2.56. The van der Waals surface area contributed by atoms with Crippen molar-refractivity contribution in [3.63, 3.8) is 0 Å². The van der Waals surface area contributed by atoms with Crippen LogP contribution in [-0.4, -0.2) is 108 Å². The number of carbonyl (C=O) groups is 1. The average molecular weight is 583 g/mol. The molecule has 4 aliphatic heterocycles. The molecule has 0 aromatic heterocycles. The molecule has 4 heterocycles. The van der Waals surface area contributed by atoms with Crippen LogP contribution < -0.4 is 10.6 Å². The molecule has 0 bridgehead atoms. The van der Waals surface area contributed by atoms with E-state index in [1.807, 2.05) is 6.07 Å². The van der Waals surface area contributed by atoms with E-state index in [9.17, 15) is 19.6 Å². The summed E-state index contributed by atoms with van der Waals surface area (Å²) in [5.74, 6) is -0.405. The van der Waals surface area contributed by atoms with Crippen molar-refractivity contribution in [2.45, 2.75) is 87.5 Å². The molecule has 42 heavy (non-hydrogen) atoms. The van der Waals surface area contributed by atoms with E-state index in [1.54, 1.807) is 11.0 Å². The van der Waals surface area contributed by atoms with Gasteiger partial charge in [0.15, 0.2) is 6.35 Å². The fourth-order valence-electron chi connectivity index (χ4n) is 7.92. The van der Waals surface area contributed by atoms with Gasteiger partial charge in [-0.3, -0.25) is 20.3 Å². The molecular formula is C31H43FN6O4. The van der Waals surface area contributed by atoms with Gasteiger partial charge in [-0.2, -0.15) is 5.26 Å². The van der Waals surface area contributed by atoms with Crippen LogP contribution in [0.15, 0.2) is 30.9 Å². The van der Waals surface area contributed by atoms with E-state index < -0.39 is 18.1 Å². The van der Waals surface area contributed by atoms with Gasteiger partial charge in [-0.15, -0.1) is 0 Å². The molecule has 10 nitrogen and oxygen atoms in total. The topological polar surface area (TPSA) is 113 Å². The van der Waals surface area contributed by atoms with Gasteiger partial charge in [-0.05, 0) is 62.5 Å². The molecule has 3 N–H and O–H groups in total. The maximum absolute atomic E-state index is 14.9. The molecule has 8 atom stereocenters. The van der Waals surface area contributed by atoms with Gasteiger partial charge in [-0.1, -0.05) is 18.7 Å². The highest BCUT2D eigenvalue weighted by molar-refractivity contribution is 5.87. The zero-order chi connectivity index (χ0) is 29.4. The van der Waals surface area contributed by atoms with Crippen molar-refractivity contribution in [3.05, 3.63) is 47.8 Å². The van der Waals surface area contributed by atoms with E-state index >= 15 is 0 Å². The number of aliphatic hydroxyl groups is 1. The molecule has 7 unspecified atom stereocenters. The molecule has 1 spiro atoms. The second kappa shape index (κ2) is 12.3. The predicted molar refractivity (Wildman–Crippen MR) is 153 cm³/mol. The highest BCUT2D eigenvalue weighted by atomic mass is 19.1. The molecule has 1 aromatic rings. The number of hydrogen-bond donors (Lipinski definition) is 3. The Morgan fingerprint density at radius 2 is 2.17 bits per heavy atom. The molecule has 228 valence electrons. The van der Waals surface area contributed by atoms with E-state index in [2.05, 4.69) is 40.1 Å². The van der Waals surface area contributed by atoms with Gasteiger partial charge in [0.2, 0.25) is 5.91 Å². The number of amides is 1. The molecular weight excluding hydrogens is 539 g/mol. The molecule has 1 amide bonds. The van der Waals surface area contributed by atoms with Crippen molar-refractivity contribution in [2.24, 2.45) is 5.92 Å². The van der Waals surface area contributed by atoms with Crippen LogP contribution >= 0.6 is 0 Å². The largest absolute Gasteiger partial charge is 0.388 e. The maximum atomic E-state index is 14.9. The number of nitriles is 1. The first-order valence-corrected chi connectivity index (χ1v) is 15.3. The summed E-state index contributed by atoms with van der Waals surface area (Å²) in [5.41, 5.74) is 0.578. The average Bonchev–Trinajstić information content (AvgIpc) is 3.42. The first-order chi connectivity index (χ1) is 20.3. The van der Waals surface area contributed by atoms with Crippen molar-refractivity contribution < 1.29 is 23.8 Å². The van der Waals surface area contributed by atoms with E-state index in [0.29, 0.717) is 50.7 Å². The molecule has 0 radical (unpaired) electrons. The van der Waals surface area contributed by atoms with Crippen LogP contribution in [0.4, 0.5) is 4.39 Å². The van der Waals surface area contributed by atoms with Crippen molar-refractivity contribution in [1.29, 1.82) is 5.26 Å². The van der Waals surface area contributed by atoms with Crippen LogP contribution in [0, 0.1) is 23.1 Å². The molecule has 3 saturated heterocycles. The third kappa shape index (κ3) is 5.50. The Kier molecular flexibility index (Phi) is 8.67. The molecule has 1 aliphatic carbocycles. The first kappa shape index (κ1) is 29.6. The fourth-order valence-corrected chi connectivity index (χ4v) is 7.92. The zero-order valence-corrected chi connectivity index (χ0v) is 24.4. The molecule has 11 heteroatoms. The minimum Gasteiger partial charge on any atom is -0.388 e. The molecule has 4 fully saturated rings. The Morgan fingerprint density at radius 1 is 1.31 bits per heavy atom. The van der Waals surface area contributed by atoms with Gasteiger partial charge >= 0.3 is 0 Å². The summed E-state index contributed by atoms with van der Waals surface area (Å²) in [6.07, 6.45) is 3.90. The Labute approximate surface area is 247 Å². The summed E-state index contributed by atoms with van der Waals surface area (Å²) in [6, 6.07) is 7.04. The Balaban J connectivity index is 1.24. The van der Waals surface area contributed by atoms with Crippen LogP contribution in [0.25, 0.3) is 0 Å². The van der Waals surface area contributed by atoms with Crippen LogP contribution in [0.1, 0.15) is 43.2 Å². The summed E-state index contributed by atoms with van der Waals surface area (Å²) in [6.45, 7) is 7.16. The van der Waals surface area contributed by atoms with Crippen molar-refractivity contribution in [1.82, 2.24) is 25.3 Å². The van der Waals surface area contributed by atoms with Gasteiger partial charge < -0.3 is 24.4 Å². The third-order valence-corrected chi connectivity index (χ3v) is 10.3. The first-order valence-electron chi connectivity index (χ1n) is 15.3. The minimum atomic E-state index is -0.889. The monoisotopic (exact) mass is 582 g/mol. The highest BCUT2D eigenvalue weighted by Crippen LogP contribution is 2.44. The van der Waals surface area contributed by atoms with Gasteiger partial charge in [-0.25, -0.2) is 4.39 Å². The number of nitrogens with one attached hydrogen (secondary N) is 2. The normalized spacial score (nSPS) is 37.2. The summed E-state index contributed by atoms with van der Waals surface area (Å²) in [4.78, 5) is 18.9. The summed E-state index contributed by atoms with van der Waals surface area (Å²) >= 11 is 0. The number of fused-ring (bicyclic) bond motifs is 2. The molecule has 1 saturated carbocycles. The fraction of sp³-hybridized carbons (Fsp3) is 0.677. The Morgan fingerprint density at radius 3 is 2.93 bits per heavy atom. The van der Waals surface area contributed by atoms with Gasteiger partial charge in [0.05, 0.1) is 44.0 Å². The quantitative estimate of drug-likeness (QED) is 0.428. The van der Waals surface area contributed by atoms with Crippen LogP contribution in [-0.2, 0) is 27.3 Å². The number of nitrogens with zero attached hydrogens (tertiary/aromatic N) is 4.